The molecule has 0 spiro atoms. The van der Waals surface area contributed by atoms with Crippen LogP contribution in [0.25, 0.3) is 0 Å². The van der Waals surface area contributed by atoms with Crippen molar-refractivity contribution >= 4 is 41.0 Å². The van der Waals surface area contributed by atoms with Gasteiger partial charge in [0.2, 0.25) is 0 Å². The van der Waals surface area contributed by atoms with Gasteiger partial charge in [-0.15, -0.1) is 0 Å². The van der Waals surface area contributed by atoms with E-state index in [1.54, 1.807) is 0 Å². The summed E-state index contributed by atoms with van der Waals surface area (Å²) in [5.41, 5.74) is 4.14. The van der Waals surface area contributed by atoms with Crippen molar-refractivity contribution in [3.8, 4) is 0 Å². The van der Waals surface area contributed by atoms with E-state index in [0.717, 1.165) is 37.6 Å². The molecule has 2 aliphatic heterocycles. The smallest absolute Gasteiger partial charge is 0.328 e. The lowest BCUT2D eigenvalue weighted by Gasteiger charge is -2.40. The fourth-order valence-corrected chi connectivity index (χ4v) is 5.78. The minimum absolute atomic E-state index is 0.378. The molecule has 36 heavy (non-hydrogen) atoms. The Labute approximate surface area is 219 Å². The van der Waals surface area contributed by atoms with Gasteiger partial charge in [-0.2, -0.15) is 0 Å². The zero-order valence-corrected chi connectivity index (χ0v) is 21.2. The van der Waals surface area contributed by atoms with E-state index in [4.69, 9.17) is 21.8 Å². The molecule has 1 atom stereocenters. The van der Waals surface area contributed by atoms with E-state index < -0.39 is 11.9 Å². The van der Waals surface area contributed by atoms with Gasteiger partial charge in [0.1, 0.15) is 0 Å². The van der Waals surface area contributed by atoms with Gasteiger partial charge in [-0.05, 0) is 53.9 Å². The van der Waals surface area contributed by atoms with E-state index in [-0.39, 0.29) is 0 Å². The Kier molecular flexibility index (Phi) is 8.70. The van der Waals surface area contributed by atoms with Crippen molar-refractivity contribution < 1.29 is 19.8 Å². The predicted octanol–water partition coefficient (Wildman–Crippen LogP) is 5.62. The lowest BCUT2D eigenvalue weighted by Crippen LogP contribution is -2.48. The molecule has 2 heterocycles. The second kappa shape index (κ2) is 12.1. The third-order valence-corrected chi connectivity index (χ3v) is 7.63. The Morgan fingerprint density at radius 3 is 2.14 bits per heavy atom. The van der Waals surface area contributed by atoms with E-state index in [0.29, 0.717) is 18.2 Å². The Morgan fingerprint density at radius 1 is 0.833 bits per heavy atom. The number of carbonyl (C=O) groups is 2. The number of fused-ring (bicyclic) bond motifs is 2. The van der Waals surface area contributed by atoms with Gasteiger partial charge in [-0.1, -0.05) is 59.8 Å². The molecule has 0 radical (unpaired) electrons. The van der Waals surface area contributed by atoms with Crippen molar-refractivity contribution in [2.24, 2.45) is 0 Å². The minimum Gasteiger partial charge on any atom is -0.478 e. The van der Waals surface area contributed by atoms with Crippen molar-refractivity contribution in [1.29, 1.82) is 0 Å². The summed E-state index contributed by atoms with van der Waals surface area (Å²) in [5, 5.41) is 16.5. The van der Waals surface area contributed by atoms with Gasteiger partial charge in [0.15, 0.2) is 0 Å². The topological polar surface area (TPSA) is 81.1 Å². The van der Waals surface area contributed by atoms with Crippen molar-refractivity contribution in [2.75, 3.05) is 31.1 Å². The number of anilines is 1. The monoisotopic (exact) mass is 522 g/mol. The summed E-state index contributed by atoms with van der Waals surface area (Å²) in [4.78, 5) is 27.0. The van der Waals surface area contributed by atoms with Crippen LogP contribution < -0.4 is 4.90 Å². The van der Waals surface area contributed by atoms with E-state index in [1.165, 1.54) is 26.6 Å². The summed E-state index contributed by atoms with van der Waals surface area (Å²) in [7, 11) is 0. The van der Waals surface area contributed by atoms with Crippen LogP contribution in [0.1, 0.15) is 17.2 Å². The number of aliphatic carboxylic acids is 2. The molecule has 0 saturated carbocycles. The standard InChI is InChI=1S/C24H23ClN2S.C4H4O4/c25-19-10-11-24-21(17-19)22(16-18-6-4-5-9-23(18)28-24)27-14-12-26(13-15-27)20-7-2-1-3-8-20;5-3(6)1-2-4(7)8/h1-11,17,22H,12-16H2;1-2H,(H,5,6)(H,7,8)/b;2-1-. The fourth-order valence-electron chi connectivity index (χ4n) is 4.48. The van der Waals surface area contributed by atoms with E-state index >= 15 is 0 Å². The highest BCUT2D eigenvalue weighted by molar-refractivity contribution is 7.99. The van der Waals surface area contributed by atoms with Gasteiger partial charge < -0.3 is 15.1 Å². The number of carboxylic acid groups (broad SMARTS) is 2. The lowest BCUT2D eigenvalue weighted by atomic mass is 9.96. The van der Waals surface area contributed by atoms with Crippen molar-refractivity contribution in [3.05, 3.63) is 101 Å². The molecule has 1 fully saturated rings. The lowest BCUT2D eigenvalue weighted by molar-refractivity contribution is -0.134. The third-order valence-electron chi connectivity index (χ3n) is 6.18. The summed E-state index contributed by atoms with van der Waals surface area (Å²) >= 11 is 8.29. The van der Waals surface area contributed by atoms with Gasteiger partial charge in [-0.25, -0.2) is 9.59 Å². The number of halogens is 1. The molecular weight excluding hydrogens is 496 g/mol. The Bertz CT molecular complexity index is 1230. The molecule has 0 bridgehead atoms. The number of nitrogens with zero attached hydrogens (tertiary/aromatic N) is 2. The Hall–Kier alpha value is -3.26. The maximum atomic E-state index is 9.55. The number of benzene rings is 3. The largest absolute Gasteiger partial charge is 0.478 e. The molecule has 1 saturated heterocycles. The van der Waals surface area contributed by atoms with Gasteiger partial charge in [0.25, 0.3) is 0 Å². The molecule has 5 rings (SSSR count). The molecule has 0 amide bonds. The second-order valence-electron chi connectivity index (χ2n) is 8.48. The Morgan fingerprint density at radius 2 is 1.47 bits per heavy atom. The van der Waals surface area contributed by atoms with Gasteiger partial charge in [-0.3, -0.25) is 4.90 Å². The maximum Gasteiger partial charge on any atom is 0.328 e. The molecule has 0 aromatic heterocycles. The quantitative estimate of drug-likeness (QED) is 0.430. The minimum atomic E-state index is -1.26. The predicted molar refractivity (Wildman–Crippen MR) is 143 cm³/mol. The average molecular weight is 523 g/mol. The first-order valence-corrected chi connectivity index (χ1v) is 12.8. The van der Waals surface area contributed by atoms with Crippen LogP contribution in [0.15, 0.2) is 94.7 Å². The highest BCUT2D eigenvalue weighted by atomic mass is 35.5. The molecule has 0 aliphatic carbocycles. The van der Waals surface area contributed by atoms with Crippen molar-refractivity contribution in [3.63, 3.8) is 0 Å². The van der Waals surface area contributed by atoms with Crippen molar-refractivity contribution in [1.82, 2.24) is 4.90 Å². The van der Waals surface area contributed by atoms with Crippen LogP contribution in [-0.4, -0.2) is 53.2 Å². The molecule has 8 heteroatoms. The normalized spacial score (nSPS) is 17.4. The maximum absolute atomic E-state index is 9.55. The average Bonchev–Trinajstić information content (AvgIpc) is 3.05. The van der Waals surface area contributed by atoms with Gasteiger partial charge >= 0.3 is 11.9 Å². The highest BCUT2D eigenvalue weighted by Gasteiger charge is 2.30. The van der Waals surface area contributed by atoms with Crippen LogP contribution in [0, 0.1) is 0 Å². The molecule has 1 unspecified atom stereocenters. The van der Waals surface area contributed by atoms with E-state index in [1.807, 2.05) is 17.8 Å². The first kappa shape index (κ1) is 25.8. The van der Waals surface area contributed by atoms with Crippen LogP contribution in [0.3, 0.4) is 0 Å². The van der Waals surface area contributed by atoms with Crippen LogP contribution in [0.4, 0.5) is 5.69 Å². The summed E-state index contributed by atoms with van der Waals surface area (Å²) in [6, 6.07) is 26.4. The summed E-state index contributed by atoms with van der Waals surface area (Å²) < 4.78 is 0. The van der Waals surface area contributed by atoms with E-state index in [2.05, 4.69) is 76.5 Å². The fraction of sp³-hybridized carbons (Fsp3) is 0.214. The number of hydrogen-bond donors (Lipinski definition) is 2. The summed E-state index contributed by atoms with van der Waals surface area (Å²) in [6.45, 7) is 4.26. The zero-order chi connectivity index (χ0) is 25.5. The molecule has 186 valence electrons. The first-order valence-electron chi connectivity index (χ1n) is 11.6. The number of para-hydroxylation sites is 1. The van der Waals surface area contributed by atoms with Gasteiger partial charge in [0, 0.05) is 64.9 Å². The molecule has 3 aromatic rings. The highest BCUT2D eigenvalue weighted by Crippen LogP contribution is 2.43. The van der Waals surface area contributed by atoms with Crippen molar-refractivity contribution in [2.45, 2.75) is 22.3 Å². The number of carboxylic acids is 2. The second-order valence-corrected chi connectivity index (χ2v) is 10.0. The SMILES string of the molecule is Clc1ccc2c(c1)C(N1CCN(c3ccccc3)CC1)Cc1ccccc1S2.O=C(O)/C=C\C(=O)O. The van der Waals surface area contributed by atoms with Gasteiger partial charge in [0.05, 0.1) is 0 Å². The van der Waals surface area contributed by atoms with Crippen LogP contribution >= 0.6 is 23.4 Å². The molecule has 2 aliphatic rings. The first-order chi connectivity index (χ1) is 17.4. The zero-order valence-electron chi connectivity index (χ0n) is 19.6. The molecule has 6 nitrogen and oxygen atoms in total. The third kappa shape index (κ3) is 6.69. The van der Waals surface area contributed by atoms with Crippen LogP contribution in [0.5, 0.6) is 0 Å². The summed E-state index contributed by atoms with van der Waals surface area (Å²) in [6.07, 6.45) is 2.16. The molecular formula is C28H27ClN2O4S. The number of rotatable bonds is 4. The molecule has 3 aromatic carbocycles. The Balaban J connectivity index is 0.000000331. The van der Waals surface area contributed by atoms with Crippen LogP contribution in [-0.2, 0) is 16.0 Å². The number of piperazine rings is 1. The van der Waals surface area contributed by atoms with E-state index in [9.17, 15) is 9.59 Å². The number of hydrogen-bond acceptors (Lipinski definition) is 5. The van der Waals surface area contributed by atoms with Crippen LogP contribution in [0.2, 0.25) is 5.02 Å². The molecule has 2 N–H and O–H groups in total. The summed E-state index contributed by atoms with van der Waals surface area (Å²) in [5.74, 6) is -2.51.